The number of esters is 2. The Bertz CT molecular complexity index is 1250. The molecular weight excluding hydrogens is 418 g/mol. The number of rotatable bonds is 3. The lowest BCUT2D eigenvalue weighted by atomic mass is 9.80. The van der Waals surface area contributed by atoms with Gasteiger partial charge in [-0.1, -0.05) is 24.3 Å². The minimum absolute atomic E-state index is 0.0611. The molecule has 0 atom stereocenters. The molecule has 8 heteroatoms. The van der Waals surface area contributed by atoms with Gasteiger partial charge in [0, 0.05) is 28.1 Å². The van der Waals surface area contributed by atoms with E-state index in [4.69, 9.17) is 9.47 Å². The van der Waals surface area contributed by atoms with E-state index in [-0.39, 0.29) is 28.1 Å². The van der Waals surface area contributed by atoms with Gasteiger partial charge in [-0.15, -0.1) is 11.3 Å². The number of hydrogen-bond donors (Lipinski definition) is 1. The summed E-state index contributed by atoms with van der Waals surface area (Å²) >= 11 is 1.24. The summed E-state index contributed by atoms with van der Waals surface area (Å²) in [4.78, 5) is 52.5. The molecule has 0 unspecified atom stereocenters. The average molecular weight is 437 g/mol. The molecule has 0 saturated carbocycles. The van der Waals surface area contributed by atoms with Gasteiger partial charge in [-0.2, -0.15) is 0 Å². The second-order valence-corrected chi connectivity index (χ2v) is 8.10. The van der Waals surface area contributed by atoms with Gasteiger partial charge in [0.1, 0.15) is 0 Å². The highest BCUT2D eigenvalue weighted by atomic mass is 32.1. The third kappa shape index (κ3) is 3.02. The minimum atomic E-state index is -1.02. The van der Waals surface area contributed by atoms with E-state index in [0.29, 0.717) is 27.4 Å². The van der Waals surface area contributed by atoms with Crippen LogP contribution in [0.25, 0.3) is 10.4 Å². The predicted molar refractivity (Wildman–Crippen MR) is 115 cm³/mol. The second kappa shape index (κ2) is 7.63. The Labute approximate surface area is 182 Å². The molecule has 158 valence electrons. The number of ether oxygens (including phenoxy) is 2. The van der Waals surface area contributed by atoms with Gasteiger partial charge >= 0.3 is 11.9 Å². The zero-order chi connectivity index (χ0) is 22.4. The van der Waals surface area contributed by atoms with E-state index in [9.17, 15) is 19.2 Å². The number of benzene rings is 1. The summed E-state index contributed by atoms with van der Waals surface area (Å²) in [6.07, 6.45) is 0. The Kier molecular flexibility index (Phi) is 5.10. The summed E-state index contributed by atoms with van der Waals surface area (Å²) in [5.74, 6) is -2.73. The van der Waals surface area contributed by atoms with Crippen molar-refractivity contribution in [3.05, 3.63) is 79.1 Å². The van der Waals surface area contributed by atoms with E-state index < -0.39 is 23.3 Å². The van der Waals surface area contributed by atoms with E-state index in [1.807, 2.05) is 6.07 Å². The molecule has 0 saturated heterocycles. The summed E-state index contributed by atoms with van der Waals surface area (Å²) in [7, 11) is 2.46. The lowest BCUT2D eigenvalue weighted by Gasteiger charge is -2.29. The van der Waals surface area contributed by atoms with Crippen LogP contribution in [-0.4, -0.2) is 31.9 Å². The molecule has 7 nitrogen and oxygen atoms in total. The van der Waals surface area contributed by atoms with Crippen molar-refractivity contribution >= 4 is 29.1 Å². The van der Waals surface area contributed by atoms with Crippen LogP contribution >= 0.6 is 11.3 Å². The van der Waals surface area contributed by atoms with Crippen molar-refractivity contribution in [1.82, 2.24) is 5.32 Å². The Morgan fingerprint density at radius 1 is 0.935 bits per heavy atom. The van der Waals surface area contributed by atoms with Crippen molar-refractivity contribution in [2.75, 3.05) is 14.2 Å². The average Bonchev–Trinajstić information content (AvgIpc) is 3.05. The van der Waals surface area contributed by atoms with Gasteiger partial charge in [0.25, 0.3) is 0 Å². The van der Waals surface area contributed by atoms with E-state index in [1.54, 1.807) is 37.4 Å². The number of methoxy groups -OCH3 is 2. The van der Waals surface area contributed by atoms with E-state index >= 15 is 0 Å². The first-order valence-electron chi connectivity index (χ1n) is 9.46. The van der Waals surface area contributed by atoms with Gasteiger partial charge in [-0.25, -0.2) is 9.59 Å². The van der Waals surface area contributed by atoms with E-state index in [1.165, 1.54) is 25.6 Å². The zero-order valence-electron chi connectivity index (χ0n) is 17.3. The molecule has 0 radical (unpaired) electrons. The number of dihydropyridines is 1. The SMILES string of the molecule is COC(=O)C1=C(C)NC(C)=C(C(=O)OC)C1c1csc2c(c1=O)C(=O)c1ccccc1-2. The van der Waals surface area contributed by atoms with E-state index in [0.717, 1.165) is 0 Å². The fourth-order valence-electron chi connectivity index (χ4n) is 4.17. The fraction of sp³-hybridized carbons (Fsp3) is 0.217. The number of carbonyl (C=O) groups excluding carboxylic acids is 3. The van der Waals surface area contributed by atoms with Crippen LogP contribution < -0.4 is 10.7 Å². The minimum Gasteiger partial charge on any atom is -0.466 e. The van der Waals surface area contributed by atoms with Crippen molar-refractivity contribution < 1.29 is 23.9 Å². The summed E-state index contributed by atoms with van der Waals surface area (Å²) in [6.45, 7) is 3.33. The predicted octanol–water partition coefficient (Wildman–Crippen LogP) is 2.90. The van der Waals surface area contributed by atoms with Crippen LogP contribution in [0.4, 0.5) is 0 Å². The zero-order valence-corrected chi connectivity index (χ0v) is 18.1. The highest BCUT2D eigenvalue weighted by Gasteiger charge is 2.41. The van der Waals surface area contributed by atoms with Crippen molar-refractivity contribution in [3.8, 4) is 10.4 Å². The van der Waals surface area contributed by atoms with Gasteiger partial charge in [0.2, 0.25) is 0 Å². The molecule has 31 heavy (non-hydrogen) atoms. The number of carbonyl (C=O) groups is 3. The monoisotopic (exact) mass is 437 g/mol. The van der Waals surface area contributed by atoms with Gasteiger partial charge in [0.15, 0.2) is 11.2 Å². The largest absolute Gasteiger partial charge is 0.466 e. The molecule has 1 aromatic carbocycles. The molecule has 2 aliphatic rings. The van der Waals surface area contributed by atoms with Crippen molar-refractivity contribution in [2.24, 2.45) is 0 Å². The fourth-order valence-corrected chi connectivity index (χ4v) is 5.26. The second-order valence-electron chi connectivity index (χ2n) is 7.22. The normalized spacial score (nSPS) is 15.4. The Morgan fingerprint density at radius 3 is 2.03 bits per heavy atom. The number of hydrogen-bond acceptors (Lipinski definition) is 8. The standard InChI is InChI=1S/C23H19NO6S/c1-10-15(22(27)29-3)17(16(11(2)24-10)23(28)30-4)14-9-31-21-13-8-6-5-7-12(13)19(25)18(21)20(14)26/h5-9,17,24H,1-4H3. The molecule has 0 amide bonds. The van der Waals surface area contributed by atoms with Crippen LogP contribution in [0.15, 0.2) is 57.0 Å². The molecule has 0 fully saturated rings. The lowest BCUT2D eigenvalue weighted by Crippen LogP contribution is -2.34. The van der Waals surface area contributed by atoms with Crippen molar-refractivity contribution in [1.29, 1.82) is 0 Å². The number of nitrogens with one attached hydrogen (secondary N) is 1. The Balaban J connectivity index is 1.99. The summed E-state index contributed by atoms with van der Waals surface area (Å²) < 4.78 is 9.87. The highest BCUT2D eigenvalue weighted by molar-refractivity contribution is 7.14. The van der Waals surface area contributed by atoms with E-state index in [2.05, 4.69) is 5.32 Å². The molecule has 1 aromatic heterocycles. The third-order valence-electron chi connectivity index (χ3n) is 5.55. The van der Waals surface area contributed by atoms with Crippen molar-refractivity contribution in [3.63, 3.8) is 0 Å². The van der Waals surface area contributed by atoms with Crippen LogP contribution in [0, 0.1) is 0 Å². The van der Waals surface area contributed by atoms with Crippen LogP contribution in [0.3, 0.4) is 0 Å². The molecule has 1 N–H and O–H groups in total. The lowest BCUT2D eigenvalue weighted by molar-refractivity contribution is -0.137. The topological polar surface area (TPSA) is 98.8 Å². The first kappa shape index (κ1) is 20.7. The maximum atomic E-state index is 13.6. The first-order valence-corrected chi connectivity index (χ1v) is 10.3. The smallest absolute Gasteiger partial charge is 0.336 e. The molecule has 2 aromatic rings. The number of ketones is 1. The van der Waals surface area contributed by atoms with Crippen LogP contribution in [0.1, 0.15) is 41.3 Å². The van der Waals surface area contributed by atoms with Crippen LogP contribution in [0.2, 0.25) is 0 Å². The maximum Gasteiger partial charge on any atom is 0.336 e. The molecule has 0 bridgehead atoms. The maximum absolute atomic E-state index is 13.6. The molecule has 1 aliphatic heterocycles. The Hall–Kier alpha value is -3.52. The Morgan fingerprint density at radius 2 is 1.48 bits per heavy atom. The summed E-state index contributed by atoms with van der Waals surface area (Å²) in [6, 6.07) is 7.03. The molecule has 4 rings (SSSR count). The van der Waals surface area contributed by atoms with Gasteiger partial charge < -0.3 is 14.8 Å². The molecule has 0 spiro atoms. The number of fused-ring (bicyclic) bond motifs is 3. The van der Waals surface area contributed by atoms with Crippen molar-refractivity contribution in [2.45, 2.75) is 19.8 Å². The molecular formula is C23H19NO6S. The van der Waals surface area contributed by atoms with Crippen LogP contribution in [-0.2, 0) is 19.1 Å². The first-order chi connectivity index (χ1) is 14.8. The van der Waals surface area contributed by atoms with Crippen LogP contribution in [0.5, 0.6) is 0 Å². The third-order valence-corrected chi connectivity index (χ3v) is 6.58. The molecule has 2 heterocycles. The molecule has 1 aliphatic carbocycles. The number of allylic oxidation sites excluding steroid dienone is 2. The van der Waals surface area contributed by atoms with Gasteiger partial charge in [-0.05, 0) is 19.2 Å². The summed E-state index contributed by atoms with van der Waals surface area (Å²) in [5.41, 5.74) is 2.06. The highest BCUT2D eigenvalue weighted by Crippen LogP contribution is 2.42. The summed E-state index contributed by atoms with van der Waals surface area (Å²) in [5, 5.41) is 4.61. The quantitative estimate of drug-likeness (QED) is 0.629. The van der Waals surface area contributed by atoms with Gasteiger partial charge in [0.05, 0.1) is 41.7 Å². The van der Waals surface area contributed by atoms with Gasteiger partial charge in [-0.3, -0.25) is 9.59 Å².